The minimum Gasteiger partial charge on any atom is -0.356 e. The van der Waals surface area contributed by atoms with Gasteiger partial charge in [-0.15, -0.1) is 11.3 Å². The summed E-state index contributed by atoms with van der Waals surface area (Å²) in [6.07, 6.45) is 4.74. The topological polar surface area (TPSA) is 49.3 Å². The van der Waals surface area contributed by atoms with E-state index < -0.39 is 0 Å². The number of aliphatic imine (C=N–C) groups is 1. The van der Waals surface area contributed by atoms with Crippen LogP contribution >= 0.6 is 11.3 Å². The van der Waals surface area contributed by atoms with E-state index in [0.717, 1.165) is 31.2 Å². The third-order valence-corrected chi connectivity index (χ3v) is 6.35. The van der Waals surface area contributed by atoms with Gasteiger partial charge in [0.2, 0.25) is 0 Å². The molecule has 0 aliphatic heterocycles. The monoisotopic (exact) mass is 356 g/mol. The average molecular weight is 357 g/mol. The first-order valence-electron chi connectivity index (χ1n) is 9.06. The second kappa shape index (κ2) is 8.00. The van der Waals surface area contributed by atoms with E-state index in [2.05, 4.69) is 64.8 Å². The smallest absolute Gasteiger partial charge is 0.191 e. The molecule has 0 atom stereocenters. The first-order chi connectivity index (χ1) is 12.1. The van der Waals surface area contributed by atoms with Crippen molar-refractivity contribution in [3.05, 3.63) is 51.5 Å². The van der Waals surface area contributed by atoms with Crippen molar-refractivity contribution in [3.63, 3.8) is 0 Å². The van der Waals surface area contributed by atoms with Crippen molar-refractivity contribution in [3.8, 4) is 0 Å². The molecule has 2 N–H and O–H groups in total. The van der Waals surface area contributed by atoms with Crippen LogP contribution in [0.3, 0.4) is 0 Å². The van der Waals surface area contributed by atoms with Gasteiger partial charge in [0.25, 0.3) is 0 Å². The molecule has 1 saturated carbocycles. The Hall–Kier alpha value is -1.88. The van der Waals surface area contributed by atoms with Crippen molar-refractivity contribution >= 4 is 17.3 Å². The van der Waals surface area contributed by atoms with Gasteiger partial charge in [0.05, 0.1) is 10.7 Å². The van der Waals surface area contributed by atoms with Crippen LogP contribution in [-0.4, -0.2) is 31.1 Å². The zero-order valence-electron chi connectivity index (χ0n) is 15.4. The molecule has 1 aromatic carbocycles. The predicted octanol–water partition coefficient (Wildman–Crippen LogP) is 3.59. The molecule has 0 bridgehead atoms. The maximum Gasteiger partial charge on any atom is 0.191 e. The second-order valence-corrected chi connectivity index (χ2v) is 8.14. The Bertz CT molecular complexity index is 697. The van der Waals surface area contributed by atoms with Crippen molar-refractivity contribution in [1.29, 1.82) is 0 Å². The third-order valence-electron chi connectivity index (χ3n) is 5.22. The molecule has 4 nitrogen and oxygen atoms in total. The number of thiazole rings is 1. The lowest BCUT2D eigenvalue weighted by Gasteiger charge is -2.43. The van der Waals surface area contributed by atoms with Crippen molar-refractivity contribution < 1.29 is 0 Å². The number of benzene rings is 1. The van der Waals surface area contributed by atoms with E-state index in [-0.39, 0.29) is 5.41 Å². The minimum absolute atomic E-state index is 0.266. The van der Waals surface area contributed by atoms with Crippen LogP contribution in [0.2, 0.25) is 0 Å². The van der Waals surface area contributed by atoms with Crippen LogP contribution < -0.4 is 10.6 Å². The molecule has 3 rings (SSSR count). The summed E-state index contributed by atoms with van der Waals surface area (Å²) in [5, 5.41) is 8.15. The fourth-order valence-corrected chi connectivity index (χ4v) is 4.30. The van der Waals surface area contributed by atoms with Crippen LogP contribution in [0.4, 0.5) is 0 Å². The number of hydrogen-bond acceptors (Lipinski definition) is 3. The van der Waals surface area contributed by atoms with Crippen molar-refractivity contribution in [2.75, 3.05) is 20.1 Å². The van der Waals surface area contributed by atoms with Gasteiger partial charge in [0.1, 0.15) is 0 Å². The van der Waals surface area contributed by atoms with Crippen LogP contribution in [0, 0.1) is 13.8 Å². The van der Waals surface area contributed by atoms with E-state index in [9.17, 15) is 0 Å². The first kappa shape index (κ1) is 17.9. The van der Waals surface area contributed by atoms with E-state index in [4.69, 9.17) is 0 Å². The lowest BCUT2D eigenvalue weighted by Crippen LogP contribution is -2.49. The summed E-state index contributed by atoms with van der Waals surface area (Å²) in [7, 11) is 1.84. The molecular formula is C20H28N4S. The highest BCUT2D eigenvalue weighted by Crippen LogP contribution is 2.43. The molecule has 1 fully saturated rings. The largest absolute Gasteiger partial charge is 0.356 e. The van der Waals surface area contributed by atoms with Gasteiger partial charge in [-0.1, -0.05) is 36.8 Å². The molecule has 0 saturated heterocycles. The number of guanidine groups is 1. The Morgan fingerprint density at radius 3 is 2.52 bits per heavy atom. The summed E-state index contributed by atoms with van der Waals surface area (Å²) in [6.45, 7) is 5.99. The van der Waals surface area contributed by atoms with Crippen LogP contribution in [0.1, 0.15) is 40.4 Å². The predicted molar refractivity (Wildman–Crippen MR) is 107 cm³/mol. The molecule has 0 radical (unpaired) electrons. The van der Waals surface area contributed by atoms with Gasteiger partial charge < -0.3 is 10.6 Å². The second-order valence-electron chi connectivity index (χ2n) is 6.85. The van der Waals surface area contributed by atoms with Crippen molar-refractivity contribution in [1.82, 2.24) is 15.6 Å². The summed E-state index contributed by atoms with van der Waals surface area (Å²) in [6, 6.07) is 10.9. The molecular weight excluding hydrogens is 328 g/mol. The molecule has 0 amide bonds. The lowest BCUT2D eigenvalue weighted by molar-refractivity contribution is 0.244. The quantitative estimate of drug-likeness (QED) is 0.614. The molecule has 25 heavy (non-hydrogen) atoms. The summed E-state index contributed by atoms with van der Waals surface area (Å²) in [4.78, 5) is 10.3. The maximum absolute atomic E-state index is 4.60. The molecule has 1 aliphatic carbocycles. The summed E-state index contributed by atoms with van der Waals surface area (Å²) >= 11 is 1.79. The number of hydrogen-bond donors (Lipinski definition) is 2. The zero-order chi connectivity index (χ0) is 17.7. The van der Waals surface area contributed by atoms with Gasteiger partial charge in [-0.25, -0.2) is 4.98 Å². The number of aromatic nitrogens is 1. The molecule has 1 aliphatic rings. The molecule has 0 spiro atoms. The minimum atomic E-state index is 0.266. The maximum atomic E-state index is 4.60. The number of aryl methyl sites for hydroxylation is 2. The van der Waals surface area contributed by atoms with Crippen LogP contribution in [0.25, 0.3) is 0 Å². The summed E-state index contributed by atoms with van der Waals surface area (Å²) < 4.78 is 0. The Kier molecular flexibility index (Phi) is 5.74. The Labute approximate surface area is 154 Å². The van der Waals surface area contributed by atoms with Crippen LogP contribution in [0.5, 0.6) is 0 Å². The van der Waals surface area contributed by atoms with E-state index >= 15 is 0 Å². The molecule has 1 heterocycles. The highest BCUT2D eigenvalue weighted by atomic mass is 32.1. The van der Waals surface area contributed by atoms with Gasteiger partial charge in [-0.3, -0.25) is 4.99 Å². The normalized spacial score (nSPS) is 16.4. The van der Waals surface area contributed by atoms with Crippen LogP contribution in [-0.2, 0) is 11.8 Å². The van der Waals surface area contributed by atoms with Gasteiger partial charge >= 0.3 is 0 Å². The Morgan fingerprint density at radius 1 is 1.20 bits per heavy atom. The van der Waals surface area contributed by atoms with Gasteiger partial charge in [0.15, 0.2) is 5.96 Å². The van der Waals surface area contributed by atoms with E-state index in [1.807, 2.05) is 7.05 Å². The third kappa shape index (κ3) is 4.21. The van der Waals surface area contributed by atoms with Gasteiger partial charge in [0, 0.05) is 36.9 Å². The number of nitrogens with one attached hydrogen (secondary N) is 2. The Balaban J connectivity index is 1.50. The van der Waals surface area contributed by atoms with E-state index in [0.29, 0.717) is 0 Å². The van der Waals surface area contributed by atoms with Crippen molar-refractivity contribution in [2.24, 2.45) is 4.99 Å². The molecule has 2 aromatic rings. The Morgan fingerprint density at radius 2 is 1.96 bits per heavy atom. The SMILES string of the molecule is CN=C(NCCc1nc(C)c(C)s1)NCC1(c2ccccc2)CCC1. The van der Waals surface area contributed by atoms with Crippen molar-refractivity contribution in [2.45, 2.75) is 44.9 Å². The van der Waals surface area contributed by atoms with E-state index in [1.165, 1.54) is 34.7 Å². The van der Waals surface area contributed by atoms with Crippen LogP contribution in [0.15, 0.2) is 35.3 Å². The fraction of sp³-hybridized carbons (Fsp3) is 0.500. The number of nitrogens with zero attached hydrogens (tertiary/aromatic N) is 2. The van der Waals surface area contributed by atoms with Gasteiger partial charge in [-0.05, 0) is 32.3 Å². The lowest BCUT2D eigenvalue weighted by atomic mass is 9.64. The van der Waals surface area contributed by atoms with Gasteiger partial charge in [-0.2, -0.15) is 0 Å². The first-order valence-corrected chi connectivity index (χ1v) is 9.87. The molecule has 5 heteroatoms. The summed E-state index contributed by atoms with van der Waals surface area (Å²) in [5.41, 5.74) is 2.86. The standard InChI is InChI=1S/C20H28N4S/c1-15-16(2)25-18(24-15)10-13-22-19(21-3)23-14-20(11-7-12-20)17-8-5-4-6-9-17/h4-6,8-9H,7,10-14H2,1-3H3,(H2,21,22,23). The summed E-state index contributed by atoms with van der Waals surface area (Å²) in [5.74, 6) is 0.882. The fourth-order valence-electron chi connectivity index (χ4n) is 3.37. The van der Waals surface area contributed by atoms with E-state index in [1.54, 1.807) is 11.3 Å². The zero-order valence-corrected chi connectivity index (χ0v) is 16.2. The highest BCUT2D eigenvalue weighted by molar-refractivity contribution is 7.11. The average Bonchev–Trinajstić information content (AvgIpc) is 2.91. The highest BCUT2D eigenvalue weighted by Gasteiger charge is 2.38. The molecule has 0 unspecified atom stereocenters. The molecule has 1 aromatic heterocycles. The molecule has 134 valence electrons. The number of rotatable bonds is 6.